The molecule has 2 heterocycles. The summed E-state index contributed by atoms with van der Waals surface area (Å²) in [5.41, 5.74) is 3.72. The summed E-state index contributed by atoms with van der Waals surface area (Å²) >= 11 is 0. The van der Waals surface area contributed by atoms with E-state index in [1.807, 2.05) is 4.90 Å². The Balaban J connectivity index is 1.53. The number of amides is 1. The Kier molecular flexibility index (Phi) is 5.02. The average Bonchev–Trinajstić information content (AvgIpc) is 3.33. The minimum absolute atomic E-state index is 0.0280. The van der Waals surface area contributed by atoms with Gasteiger partial charge >= 0.3 is 0 Å². The Morgan fingerprint density at radius 1 is 1.23 bits per heavy atom. The second-order valence-corrected chi connectivity index (χ2v) is 7.27. The number of H-pyrrole nitrogens is 1. The molecule has 1 amide bonds. The first-order valence-electron chi connectivity index (χ1n) is 9.54. The molecule has 0 radical (unpaired) electrons. The van der Waals surface area contributed by atoms with Crippen molar-refractivity contribution in [2.24, 2.45) is 0 Å². The lowest BCUT2D eigenvalue weighted by molar-refractivity contribution is 0.0676. The molecule has 6 heteroatoms. The van der Waals surface area contributed by atoms with Crippen LogP contribution in [0.15, 0.2) is 24.3 Å². The summed E-state index contributed by atoms with van der Waals surface area (Å²) in [7, 11) is 0. The van der Waals surface area contributed by atoms with Crippen molar-refractivity contribution in [1.82, 2.24) is 20.4 Å². The van der Waals surface area contributed by atoms with Crippen molar-refractivity contribution in [3.8, 4) is 0 Å². The molecule has 4 rings (SSSR count). The lowest BCUT2D eigenvalue weighted by Gasteiger charge is -2.29. The summed E-state index contributed by atoms with van der Waals surface area (Å²) in [6.45, 7) is 2.26. The zero-order valence-electron chi connectivity index (χ0n) is 14.9. The molecular weight excluding hydrogens is 331 g/mol. The number of halogens is 1. The van der Waals surface area contributed by atoms with Crippen LogP contribution in [-0.2, 0) is 19.4 Å². The van der Waals surface area contributed by atoms with Crippen LogP contribution >= 0.6 is 0 Å². The molecule has 26 heavy (non-hydrogen) atoms. The zero-order chi connectivity index (χ0) is 17.9. The monoisotopic (exact) mass is 356 g/mol. The summed E-state index contributed by atoms with van der Waals surface area (Å²) in [6.07, 6.45) is 6.07. The summed E-state index contributed by atoms with van der Waals surface area (Å²) in [6, 6.07) is 6.84. The van der Waals surface area contributed by atoms with Crippen molar-refractivity contribution < 1.29 is 9.18 Å². The van der Waals surface area contributed by atoms with E-state index in [1.54, 1.807) is 12.1 Å². The number of benzene rings is 1. The van der Waals surface area contributed by atoms with Gasteiger partial charge in [-0.25, -0.2) is 4.39 Å². The highest BCUT2D eigenvalue weighted by molar-refractivity contribution is 5.94. The molecule has 138 valence electrons. The molecule has 1 aliphatic heterocycles. The third kappa shape index (κ3) is 3.51. The largest absolute Gasteiger partial charge is 0.334 e. The SMILES string of the molecule is O=C(c1n[nH]c2c1CNCC2)N(CCc1ccc(F)cc1)C1CCCC1. The number of aromatic amines is 1. The van der Waals surface area contributed by atoms with E-state index in [2.05, 4.69) is 15.5 Å². The van der Waals surface area contributed by atoms with Crippen molar-refractivity contribution in [3.05, 3.63) is 52.6 Å². The predicted octanol–water partition coefficient (Wildman–Crippen LogP) is 2.82. The van der Waals surface area contributed by atoms with Gasteiger partial charge in [-0.3, -0.25) is 9.89 Å². The standard InChI is InChI=1S/C20H25FN4O/c21-15-7-5-14(6-8-15)10-12-25(16-3-1-2-4-16)20(26)19-17-13-22-11-9-18(17)23-24-19/h5-8,16,22H,1-4,9-13H2,(H,23,24). The molecule has 0 saturated heterocycles. The van der Waals surface area contributed by atoms with Crippen LogP contribution in [0.1, 0.15) is 53.0 Å². The normalized spacial score (nSPS) is 17.3. The Bertz CT molecular complexity index is 765. The van der Waals surface area contributed by atoms with Crippen LogP contribution < -0.4 is 5.32 Å². The van der Waals surface area contributed by atoms with Crippen LogP contribution in [0.2, 0.25) is 0 Å². The van der Waals surface area contributed by atoms with Gasteiger partial charge in [0.05, 0.1) is 0 Å². The molecular formula is C20H25FN4O. The van der Waals surface area contributed by atoms with E-state index in [0.717, 1.165) is 49.0 Å². The maximum Gasteiger partial charge on any atom is 0.274 e. The Hall–Kier alpha value is -2.21. The fourth-order valence-corrected chi connectivity index (χ4v) is 4.10. The van der Waals surface area contributed by atoms with Gasteiger partial charge in [-0.05, 0) is 37.0 Å². The highest BCUT2D eigenvalue weighted by Crippen LogP contribution is 2.26. The van der Waals surface area contributed by atoms with E-state index in [0.29, 0.717) is 18.8 Å². The first-order valence-corrected chi connectivity index (χ1v) is 9.54. The van der Waals surface area contributed by atoms with Crippen LogP contribution in [0.25, 0.3) is 0 Å². The Morgan fingerprint density at radius 2 is 2.00 bits per heavy atom. The number of nitrogens with zero attached hydrogens (tertiary/aromatic N) is 2. The van der Waals surface area contributed by atoms with Crippen LogP contribution in [-0.4, -0.2) is 40.1 Å². The molecule has 1 saturated carbocycles. The number of nitrogens with one attached hydrogen (secondary N) is 2. The number of rotatable bonds is 5. The number of carbonyl (C=O) groups excluding carboxylic acids is 1. The highest BCUT2D eigenvalue weighted by atomic mass is 19.1. The summed E-state index contributed by atoms with van der Waals surface area (Å²) in [5.74, 6) is -0.201. The summed E-state index contributed by atoms with van der Waals surface area (Å²) < 4.78 is 13.1. The summed E-state index contributed by atoms with van der Waals surface area (Å²) in [4.78, 5) is 15.3. The van der Waals surface area contributed by atoms with Gasteiger partial charge in [0.15, 0.2) is 5.69 Å². The lowest BCUT2D eigenvalue weighted by atomic mass is 10.0. The van der Waals surface area contributed by atoms with Gasteiger partial charge < -0.3 is 10.2 Å². The zero-order valence-corrected chi connectivity index (χ0v) is 14.9. The van der Waals surface area contributed by atoms with Crippen LogP contribution in [0.3, 0.4) is 0 Å². The molecule has 5 nitrogen and oxygen atoms in total. The molecule has 0 spiro atoms. The molecule has 2 aromatic rings. The van der Waals surface area contributed by atoms with Crippen LogP contribution in [0.5, 0.6) is 0 Å². The highest BCUT2D eigenvalue weighted by Gasteiger charge is 2.31. The lowest BCUT2D eigenvalue weighted by Crippen LogP contribution is -2.41. The fraction of sp³-hybridized carbons (Fsp3) is 0.500. The van der Waals surface area contributed by atoms with Gasteiger partial charge in [0.1, 0.15) is 5.82 Å². The molecule has 1 fully saturated rings. The van der Waals surface area contributed by atoms with Crippen LogP contribution in [0, 0.1) is 5.82 Å². The summed E-state index contributed by atoms with van der Waals surface area (Å²) in [5, 5.41) is 10.7. The van der Waals surface area contributed by atoms with E-state index in [9.17, 15) is 9.18 Å². The molecule has 0 atom stereocenters. The van der Waals surface area contributed by atoms with Crippen molar-refractivity contribution in [2.75, 3.05) is 13.1 Å². The number of hydrogen-bond donors (Lipinski definition) is 2. The van der Waals surface area contributed by atoms with Gasteiger partial charge in [0.25, 0.3) is 5.91 Å². The first kappa shape index (κ1) is 17.2. The van der Waals surface area contributed by atoms with E-state index in [1.165, 1.54) is 25.0 Å². The molecule has 2 aliphatic rings. The molecule has 1 aromatic heterocycles. The molecule has 0 bridgehead atoms. The minimum atomic E-state index is -0.229. The Labute approximate surface area is 153 Å². The van der Waals surface area contributed by atoms with Crippen LogP contribution in [0.4, 0.5) is 4.39 Å². The van der Waals surface area contributed by atoms with Gasteiger partial charge in [-0.15, -0.1) is 0 Å². The topological polar surface area (TPSA) is 61.0 Å². The maximum atomic E-state index is 13.3. The van der Waals surface area contributed by atoms with Crippen molar-refractivity contribution in [1.29, 1.82) is 0 Å². The smallest absolute Gasteiger partial charge is 0.274 e. The number of carbonyl (C=O) groups is 1. The third-order valence-corrected chi connectivity index (χ3v) is 5.59. The van der Waals surface area contributed by atoms with Gasteiger partial charge in [0, 0.05) is 43.4 Å². The predicted molar refractivity (Wildman–Crippen MR) is 97.4 cm³/mol. The van der Waals surface area contributed by atoms with E-state index in [4.69, 9.17) is 0 Å². The third-order valence-electron chi connectivity index (χ3n) is 5.59. The van der Waals surface area contributed by atoms with E-state index in [-0.39, 0.29) is 17.8 Å². The van der Waals surface area contributed by atoms with Crippen molar-refractivity contribution in [3.63, 3.8) is 0 Å². The fourth-order valence-electron chi connectivity index (χ4n) is 4.10. The number of aromatic nitrogens is 2. The van der Waals surface area contributed by atoms with Crippen molar-refractivity contribution >= 4 is 5.91 Å². The second kappa shape index (κ2) is 7.58. The minimum Gasteiger partial charge on any atom is -0.334 e. The quantitative estimate of drug-likeness (QED) is 0.866. The van der Waals surface area contributed by atoms with E-state index < -0.39 is 0 Å². The molecule has 1 aromatic carbocycles. The Morgan fingerprint density at radius 3 is 2.77 bits per heavy atom. The van der Waals surface area contributed by atoms with E-state index >= 15 is 0 Å². The van der Waals surface area contributed by atoms with Crippen molar-refractivity contribution in [2.45, 2.75) is 51.1 Å². The van der Waals surface area contributed by atoms with Gasteiger partial charge in [0.2, 0.25) is 0 Å². The molecule has 1 aliphatic carbocycles. The number of fused-ring (bicyclic) bond motifs is 1. The second-order valence-electron chi connectivity index (χ2n) is 7.27. The average molecular weight is 356 g/mol. The van der Waals surface area contributed by atoms with Gasteiger partial charge in [-0.1, -0.05) is 25.0 Å². The maximum absolute atomic E-state index is 13.3. The number of hydrogen-bond acceptors (Lipinski definition) is 3. The van der Waals surface area contributed by atoms with Gasteiger partial charge in [-0.2, -0.15) is 5.10 Å². The first-order chi connectivity index (χ1) is 12.7. The molecule has 0 unspecified atom stereocenters. The molecule has 2 N–H and O–H groups in total.